The lowest BCUT2D eigenvalue weighted by Crippen LogP contribution is -2.49. The van der Waals surface area contributed by atoms with Crippen molar-refractivity contribution < 1.29 is 22.3 Å². The quantitative estimate of drug-likeness (QED) is 0.248. The van der Waals surface area contributed by atoms with Gasteiger partial charge in [-0.1, -0.05) is 53.2 Å². The molecule has 0 spiro atoms. The van der Waals surface area contributed by atoms with Gasteiger partial charge in [0.25, 0.3) is 0 Å². The van der Waals surface area contributed by atoms with Gasteiger partial charge in [0.05, 0.1) is 6.10 Å². The molecule has 5 nitrogen and oxygen atoms in total. The van der Waals surface area contributed by atoms with Gasteiger partial charge in [-0.15, -0.1) is 0 Å². The lowest BCUT2D eigenvalue weighted by Gasteiger charge is -2.57. The maximum Gasteiger partial charge on any atom is 0.446 e. The molecule has 3 fully saturated rings. The van der Waals surface area contributed by atoms with E-state index >= 15 is 0 Å². The fourth-order valence-corrected chi connectivity index (χ4v) is 8.93. The normalized spacial score (nSPS) is 42.3. The summed E-state index contributed by atoms with van der Waals surface area (Å²) in [4.78, 5) is 0. The molecule has 194 valence electrons. The molecule has 0 radical (unpaired) electrons. The molecule has 1 unspecified atom stereocenters. The Morgan fingerprint density at radius 2 is 1.71 bits per heavy atom. The molecule has 9 atom stereocenters. The Balaban J connectivity index is 1.59. The predicted octanol–water partition coefficient (Wildman–Crippen LogP) is 6.56. The highest BCUT2D eigenvalue weighted by molar-refractivity contribution is 7.81. The summed E-state index contributed by atoms with van der Waals surface area (Å²) < 4.78 is 37.6. The first kappa shape index (κ1) is 26.2. The van der Waals surface area contributed by atoms with Crippen LogP contribution >= 0.6 is 0 Å². The van der Waals surface area contributed by atoms with Crippen LogP contribution in [0.3, 0.4) is 0 Å². The second-order valence-corrected chi connectivity index (χ2v) is 13.9. The lowest BCUT2D eigenvalue weighted by atomic mass is 9.47. The van der Waals surface area contributed by atoms with Crippen LogP contribution in [-0.4, -0.2) is 24.2 Å². The van der Waals surface area contributed by atoms with Crippen molar-refractivity contribution in [2.45, 2.75) is 99.0 Å². The van der Waals surface area contributed by atoms with Crippen molar-refractivity contribution in [3.63, 3.8) is 0 Å². The fraction of sp³-hybridized carbons (Fsp3) is 0.857. The van der Waals surface area contributed by atoms with Crippen LogP contribution in [-0.2, 0) is 14.6 Å². The molecule has 0 saturated heterocycles. The summed E-state index contributed by atoms with van der Waals surface area (Å²) in [5.41, 5.74) is 2.20. The summed E-state index contributed by atoms with van der Waals surface area (Å²) in [5, 5.41) is 10.3. The first-order valence-electron chi connectivity index (χ1n) is 13.5. The molecule has 6 heteroatoms. The molecule has 0 amide bonds. The molecular weight excluding hydrogens is 448 g/mol. The van der Waals surface area contributed by atoms with E-state index in [1.165, 1.54) is 19.3 Å². The maximum atomic E-state index is 11.6. The molecule has 0 heterocycles. The Kier molecular flexibility index (Phi) is 7.11. The average Bonchev–Trinajstić information content (AvgIpc) is 3.09. The molecule has 34 heavy (non-hydrogen) atoms. The number of hydrogen-bond donors (Lipinski definition) is 2. The first-order chi connectivity index (χ1) is 15.8. The SMILES string of the molecule is CC(C)[C@@H](C)/C(=C/[C@@H](C)[C@H]1CC[C@H]2C3=CC[C@H]4C[C@@H](O)CC[C@]4(C)C3CC[C@]12C)OS(=O)(=O)O. The van der Waals surface area contributed by atoms with Gasteiger partial charge >= 0.3 is 10.4 Å². The Bertz CT molecular complexity index is 936. The largest absolute Gasteiger partial charge is 0.446 e. The summed E-state index contributed by atoms with van der Waals surface area (Å²) in [6.07, 6.45) is 13.3. The number of aliphatic hydroxyl groups is 1. The van der Waals surface area contributed by atoms with Crippen molar-refractivity contribution in [2.24, 2.45) is 52.3 Å². The van der Waals surface area contributed by atoms with Crippen LogP contribution in [0.15, 0.2) is 23.5 Å². The third kappa shape index (κ3) is 4.64. The van der Waals surface area contributed by atoms with E-state index in [-0.39, 0.29) is 29.3 Å². The van der Waals surface area contributed by atoms with Gasteiger partial charge in [-0.3, -0.25) is 4.55 Å². The number of aliphatic hydroxyl groups excluding tert-OH is 1. The van der Waals surface area contributed by atoms with Crippen molar-refractivity contribution in [3.8, 4) is 0 Å². The van der Waals surface area contributed by atoms with Crippen molar-refractivity contribution in [2.75, 3.05) is 0 Å². The summed E-state index contributed by atoms with van der Waals surface area (Å²) in [6, 6.07) is 0. The highest BCUT2D eigenvalue weighted by Crippen LogP contribution is 2.66. The van der Waals surface area contributed by atoms with Gasteiger partial charge in [-0.05, 0) is 104 Å². The predicted molar refractivity (Wildman–Crippen MR) is 135 cm³/mol. The van der Waals surface area contributed by atoms with Crippen molar-refractivity contribution in [3.05, 3.63) is 23.5 Å². The van der Waals surface area contributed by atoms with Crippen LogP contribution in [0.5, 0.6) is 0 Å². The minimum atomic E-state index is -4.54. The van der Waals surface area contributed by atoms with Gasteiger partial charge in [0, 0.05) is 5.92 Å². The van der Waals surface area contributed by atoms with Gasteiger partial charge in [-0.25, -0.2) is 0 Å². The molecule has 4 aliphatic carbocycles. The standard InChI is InChI=1S/C28H46O5S/c1-17(2)19(4)26(33-34(30,31)32)15-18(3)23-9-10-24-22-8-7-20-16-21(29)11-13-27(20,5)25(22)12-14-28(23,24)6/h8,15,17-21,23-25,29H,7,9-14,16H2,1-6H3,(H,30,31,32)/b26-15-/t18-,19-,20+,21+,23-,24+,25?,27+,28-/m1/s1. The highest BCUT2D eigenvalue weighted by Gasteiger charge is 2.58. The molecule has 0 bridgehead atoms. The van der Waals surface area contributed by atoms with E-state index < -0.39 is 10.4 Å². The Hall–Kier alpha value is -0.850. The topological polar surface area (TPSA) is 83.8 Å². The number of hydrogen-bond acceptors (Lipinski definition) is 4. The van der Waals surface area contributed by atoms with Gasteiger partial charge < -0.3 is 9.29 Å². The third-order valence-electron chi connectivity index (χ3n) is 10.8. The highest BCUT2D eigenvalue weighted by atomic mass is 32.3. The van der Waals surface area contributed by atoms with Crippen LogP contribution in [0.4, 0.5) is 0 Å². The molecule has 0 aromatic carbocycles. The minimum absolute atomic E-state index is 0.0929. The van der Waals surface area contributed by atoms with E-state index in [9.17, 15) is 18.1 Å². The molecule has 2 N–H and O–H groups in total. The number of allylic oxidation sites excluding steroid dienone is 4. The van der Waals surface area contributed by atoms with Crippen molar-refractivity contribution in [1.29, 1.82) is 0 Å². The number of fused-ring (bicyclic) bond motifs is 5. The van der Waals surface area contributed by atoms with Crippen LogP contribution in [0, 0.1) is 52.3 Å². The third-order valence-corrected chi connectivity index (χ3v) is 11.2. The van der Waals surface area contributed by atoms with Gasteiger partial charge in [-0.2, -0.15) is 8.42 Å². The van der Waals surface area contributed by atoms with Crippen LogP contribution < -0.4 is 0 Å². The zero-order chi connectivity index (χ0) is 25.1. The monoisotopic (exact) mass is 494 g/mol. The summed E-state index contributed by atoms with van der Waals surface area (Å²) >= 11 is 0. The maximum absolute atomic E-state index is 11.6. The second-order valence-electron chi connectivity index (χ2n) is 12.9. The van der Waals surface area contributed by atoms with Crippen LogP contribution in [0.1, 0.15) is 92.9 Å². The zero-order valence-electron chi connectivity index (χ0n) is 22.0. The van der Waals surface area contributed by atoms with E-state index in [0.717, 1.165) is 32.1 Å². The fourth-order valence-electron chi connectivity index (χ4n) is 8.48. The van der Waals surface area contributed by atoms with Crippen molar-refractivity contribution >= 4 is 10.4 Å². The summed E-state index contributed by atoms with van der Waals surface area (Å²) in [5.74, 6) is 2.94. The Morgan fingerprint density at radius 3 is 2.35 bits per heavy atom. The van der Waals surface area contributed by atoms with E-state index in [1.54, 1.807) is 5.57 Å². The Morgan fingerprint density at radius 1 is 1.06 bits per heavy atom. The zero-order valence-corrected chi connectivity index (χ0v) is 22.8. The molecule has 4 aliphatic rings. The molecule has 0 aromatic rings. The molecule has 0 aromatic heterocycles. The molecule has 3 saturated carbocycles. The van der Waals surface area contributed by atoms with E-state index in [1.807, 2.05) is 26.8 Å². The van der Waals surface area contributed by atoms with Gasteiger partial charge in [0.1, 0.15) is 5.76 Å². The van der Waals surface area contributed by atoms with Gasteiger partial charge in [0.2, 0.25) is 0 Å². The van der Waals surface area contributed by atoms with E-state index in [0.29, 0.717) is 34.8 Å². The lowest BCUT2D eigenvalue weighted by molar-refractivity contribution is -0.0415. The first-order valence-corrected chi connectivity index (χ1v) is 14.9. The van der Waals surface area contributed by atoms with Crippen LogP contribution in [0.25, 0.3) is 0 Å². The van der Waals surface area contributed by atoms with Gasteiger partial charge in [0.15, 0.2) is 0 Å². The summed E-state index contributed by atoms with van der Waals surface area (Å²) in [6.45, 7) is 13.2. The Labute approximate surface area is 207 Å². The molecule has 4 rings (SSSR count). The second kappa shape index (κ2) is 9.23. The smallest absolute Gasteiger partial charge is 0.393 e. The van der Waals surface area contributed by atoms with Crippen LogP contribution in [0.2, 0.25) is 0 Å². The van der Waals surface area contributed by atoms with E-state index in [4.69, 9.17) is 4.18 Å². The number of rotatable bonds is 6. The van der Waals surface area contributed by atoms with Crippen molar-refractivity contribution in [1.82, 2.24) is 0 Å². The molecular formula is C28H46O5S. The minimum Gasteiger partial charge on any atom is -0.393 e. The van der Waals surface area contributed by atoms with E-state index in [2.05, 4.69) is 26.8 Å². The molecule has 0 aliphatic heterocycles. The summed E-state index contributed by atoms with van der Waals surface area (Å²) in [7, 11) is -4.54. The average molecular weight is 495 g/mol.